The van der Waals surface area contributed by atoms with E-state index in [2.05, 4.69) is 33.4 Å². The summed E-state index contributed by atoms with van der Waals surface area (Å²) in [6, 6.07) is 25.6. The van der Waals surface area contributed by atoms with Crippen LogP contribution in [0.3, 0.4) is 0 Å². The van der Waals surface area contributed by atoms with Crippen molar-refractivity contribution in [2.24, 2.45) is 0 Å². The number of nitrogens with one attached hydrogen (secondary N) is 1. The molecule has 3 rings (SSSR count). The van der Waals surface area contributed by atoms with Crippen LogP contribution in [0.1, 0.15) is 12.5 Å². The molecule has 0 saturated carbocycles. The first-order chi connectivity index (χ1) is 13.1. The predicted molar refractivity (Wildman–Crippen MR) is 115 cm³/mol. The fraction of sp³-hybridized carbons (Fsp3) is 0.136. The fourth-order valence-electron chi connectivity index (χ4n) is 2.38. The highest BCUT2D eigenvalue weighted by atomic mass is 79.9. The van der Waals surface area contributed by atoms with Crippen LogP contribution in [0.2, 0.25) is 0 Å². The molecule has 0 spiro atoms. The average Bonchev–Trinajstić information content (AvgIpc) is 2.70. The summed E-state index contributed by atoms with van der Waals surface area (Å²) in [5, 5.41) is 2.89. The number of carbonyl (C=O) groups excluding carboxylic acids is 1. The van der Waals surface area contributed by atoms with Crippen LogP contribution in [-0.4, -0.2) is 12.0 Å². The van der Waals surface area contributed by atoms with Gasteiger partial charge in [-0.1, -0.05) is 46.3 Å². The second-order valence-electron chi connectivity index (χ2n) is 6.00. The Morgan fingerprint density at radius 3 is 2.33 bits per heavy atom. The Hall–Kier alpha value is -2.24. The summed E-state index contributed by atoms with van der Waals surface area (Å²) in [5.41, 5.74) is 1.97. The molecule has 3 aromatic carbocycles. The molecule has 1 N–H and O–H groups in total. The molecule has 1 atom stereocenters. The number of halogens is 1. The SMILES string of the molecule is C[C@@H](Oc1ccc(Br)cc1)C(=O)Nc1ccc(CSc2ccccc2)cc1. The second kappa shape index (κ2) is 9.62. The smallest absolute Gasteiger partial charge is 0.265 e. The quantitative estimate of drug-likeness (QED) is 0.446. The molecular weight excluding hydrogens is 422 g/mol. The van der Waals surface area contributed by atoms with Crippen molar-refractivity contribution in [2.75, 3.05) is 5.32 Å². The first-order valence-corrected chi connectivity index (χ1v) is 10.4. The number of hydrogen-bond donors (Lipinski definition) is 1. The van der Waals surface area contributed by atoms with Crippen LogP contribution >= 0.6 is 27.7 Å². The molecule has 0 saturated heterocycles. The van der Waals surface area contributed by atoms with Crippen molar-refractivity contribution >= 4 is 39.3 Å². The molecule has 0 bridgehead atoms. The van der Waals surface area contributed by atoms with Gasteiger partial charge in [-0.05, 0) is 61.0 Å². The molecule has 0 unspecified atom stereocenters. The Morgan fingerprint density at radius 1 is 1.00 bits per heavy atom. The van der Waals surface area contributed by atoms with Gasteiger partial charge in [0.2, 0.25) is 0 Å². The Balaban J connectivity index is 1.51. The molecule has 0 aromatic heterocycles. The summed E-state index contributed by atoms with van der Waals surface area (Å²) in [6.45, 7) is 1.74. The molecule has 138 valence electrons. The van der Waals surface area contributed by atoms with Gasteiger partial charge >= 0.3 is 0 Å². The molecular formula is C22H20BrNO2S. The van der Waals surface area contributed by atoms with Crippen LogP contribution in [-0.2, 0) is 10.5 Å². The van der Waals surface area contributed by atoms with Gasteiger partial charge in [0.15, 0.2) is 6.10 Å². The maximum Gasteiger partial charge on any atom is 0.265 e. The topological polar surface area (TPSA) is 38.3 Å². The minimum absolute atomic E-state index is 0.177. The third kappa shape index (κ3) is 6.15. The van der Waals surface area contributed by atoms with E-state index in [0.29, 0.717) is 5.75 Å². The molecule has 0 aliphatic rings. The highest BCUT2D eigenvalue weighted by Gasteiger charge is 2.14. The van der Waals surface area contributed by atoms with Crippen LogP contribution in [0.5, 0.6) is 5.75 Å². The Kier molecular flexibility index (Phi) is 6.96. The van der Waals surface area contributed by atoms with E-state index >= 15 is 0 Å². The molecule has 27 heavy (non-hydrogen) atoms. The van der Waals surface area contributed by atoms with Gasteiger partial charge in [-0.15, -0.1) is 11.8 Å². The Morgan fingerprint density at radius 2 is 1.67 bits per heavy atom. The van der Waals surface area contributed by atoms with Gasteiger partial charge < -0.3 is 10.1 Å². The molecule has 0 fully saturated rings. The average molecular weight is 442 g/mol. The maximum absolute atomic E-state index is 12.3. The van der Waals surface area contributed by atoms with E-state index in [1.165, 1.54) is 10.5 Å². The predicted octanol–water partition coefficient (Wildman–Crippen LogP) is 6.15. The van der Waals surface area contributed by atoms with Crippen LogP contribution in [0.25, 0.3) is 0 Å². The normalized spacial score (nSPS) is 11.6. The summed E-state index contributed by atoms with van der Waals surface area (Å²) < 4.78 is 6.65. The van der Waals surface area contributed by atoms with E-state index in [4.69, 9.17) is 4.74 Å². The molecule has 0 aliphatic heterocycles. The maximum atomic E-state index is 12.3. The number of amides is 1. The van der Waals surface area contributed by atoms with Gasteiger partial charge in [0, 0.05) is 20.8 Å². The van der Waals surface area contributed by atoms with Gasteiger partial charge in [0.1, 0.15) is 5.75 Å². The van der Waals surface area contributed by atoms with Gasteiger partial charge in [0.25, 0.3) is 5.91 Å². The number of anilines is 1. The van der Waals surface area contributed by atoms with E-state index in [1.54, 1.807) is 18.7 Å². The summed E-state index contributed by atoms with van der Waals surface area (Å²) in [6.07, 6.45) is -0.584. The van der Waals surface area contributed by atoms with Crippen LogP contribution < -0.4 is 10.1 Å². The second-order valence-corrected chi connectivity index (χ2v) is 7.97. The van der Waals surface area contributed by atoms with Crippen molar-refractivity contribution in [2.45, 2.75) is 23.7 Å². The lowest BCUT2D eigenvalue weighted by molar-refractivity contribution is -0.122. The number of benzene rings is 3. The van der Waals surface area contributed by atoms with Crippen molar-refractivity contribution < 1.29 is 9.53 Å². The van der Waals surface area contributed by atoms with Crippen LogP contribution in [0.15, 0.2) is 88.2 Å². The highest BCUT2D eigenvalue weighted by molar-refractivity contribution is 9.10. The van der Waals surface area contributed by atoms with E-state index in [0.717, 1.165) is 15.9 Å². The Labute approximate surface area is 172 Å². The monoisotopic (exact) mass is 441 g/mol. The van der Waals surface area contributed by atoms with Gasteiger partial charge in [-0.3, -0.25) is 4.79 Å². The van der Waals surface area contributed by atoms with Gasteiger partial charge in [-0.25, -0.2) is 0 Å². The summed E-state index contributed by atoms with van der Waals surface area (Å²) >= 11 is 5.17. The zero-order valence-corrected chi connectivity index (χ0v) is 17.3. The molecule has 0 aliphatic carbocycles. The molecule has 3 aromatic rings. The van der Waals surface area contributed by atoms with E-state index in [9.17, 15) is 4.79 Å². The van der Waals surface area contributed by atoms with Crippen molar-refractivity contribution in [3.8, 4) is 5.75 Å². The number of rotatable bonds is 7. The highest BCUT2D eigenvalue weighted by Crippen LogP contribution is 2.23. The first-order valence-electron chi connectivity index (χ1n) is 8.60. The Bertz CT molecular complexity index is 867. The summed E-state index contributed by atoms with van der Waals surface area (Å²) in [7, 11) is 0. The lowest BCUT2D eigenvalue weighted by Gasteiger charge is -2.15. The lowest BCUT2D eigenvalue weighted by atomic mass is 10.2. The number of carbonyl (C=O) groups is 1. The molecule has 1 amide bonds. The van der Waals surface area contributed by atoms with Crippen molar-refractivity contribution in [1.29, 1.82) is 0 Å². The lowest BCUT2D eigenvalue weighted by Crippen LogP contribution is -2.30. The molecule has 0 heterocycles. The summed E-state index contributed by atoms with van der Waals surface area (Å²) in [4.78, 5) is 13.6. The standard InChI is InChI=1S/C22H20BrNO2S/c1-16(26-20-13-9-18(23)10-14-20)22(25)24-19-11-7-17(8-12-19)15-27-21-5-3-2-4-6-21/h2-14,16H,15H2,1H3,(H,24,25)/t16-/m1/s1. The van der Waals surface area contributed by atoms with Crippen LogP contribution in [0, 0.1) is 0 Å². The van der Waals surface area contributed by atoms with E-state index < -0.39 is 6.10 Å². The number of ether oxygens (including phenoxy) is 1. The zero-order chi connectivity index (χ0) is 19.1. The van der Waals surface area contributed by atoms with E-state index in [1.807, 2.05) is 66.7 Å². The number of hydrogen-bond acceptors (Lipinski definition) is 3. The summed E-state index contributed by atoms with van der Waals surface area (Å²) in [5.74, 6) is 1.37. The van der Waals surface area contributed by atoms with Gasteiger partial charge in [-0.2, -0.15) is 0 Å². The third-order valence-corrected chi connectivity index (χ3v) is 5.48. The molecule has 3 nitrogen and oxygen atoms in total. The van der Waals surface area contributed by atoms with Crippen molar-refractivity contribution in [3.05, 3.63) is 88.9 Å². The minimum Gasteiger partial charge on any atom is -0.481 e. The van der Waals surface area contributed by atoms with Crippen LogP contribution in [0.4, 0.5) is 5.69 Å². The molecule has 0 radical (unpaired) electrons. The van der Waals surface area contributed by atoms with Crippen molar-refractivity contribution in [3.63, 3.8) is 0 Å². The van der Waals surface area contributed by atoms with E-state index in [-0.39, 0.29) is 5.91 Å². The fourth-order valence-corrected chi connectivity index (χ4v) is 3.52. The van der Waals surface area contributed by atoms with Gasteiger partial charge in [0.05, 0.1) is 0 Å². The first kappa shape index (κ1) is 19.5. The zero-order valence-electron chi connectivity index (χ0n) is 14.9. The minimum atomic E-state index is -0.584. The number of thioether (sulfide) groups is 1. The third-order valence-electron chi connectivity index (χ3n) is 3.87. The largest absolute Gasteiger partial charge is 0.481 e. The van der Waals surface area contributed by atoms with Crippen molar-refractivity contribution in [1.82, 2.24) is 0 Å². The molecule has 5 heteroatoms.